The lowest BCUT2D eigenvalue weighted by Gasteiger charge is -2.31. The van der Waals surface area contributed by atoms with Crippen LogP contribution in [-0.2, 0) is 4.79 Å². The molecule has 1 aliphatic rings. The minimum Gasteiger partial charge on any atom is -0.338 e. The summed E-state index contributed by atoms with van der Waals surface area (Å²) in [5, 5.41) is 7.06. The number of hydrogen-bond acceptors (Lipinski definition) is 4. The van der Waals surface area contributed by atoms with Crippen molar-refractivity contribution in [3.8, 4) is 10.4 Å². The summed E-state index contributed by atoms with van der Waals surface area (Å²) in [5.74, 6) is 0.0582. The summed E-state index contributed by atoms with van der Waals surface area (Å²) in [5.41, 5.74) is 1.90. The predicted octanol–water partition coefficient (Wildman–Crippen LogP) is 4.97. The van der Waals surface area contributed by atoms with E-state index in [4.69, 9.17) is 0 Å². The van der Waals surface area contributed by atoms with E-state index < -0.39 is 0 Å². The molecule has 4 rings (SSSR count). The molecule has 2 amide bonds. The number of rotatable bonds is 4. The Balaban J connectivity index is 1.39. The second-order valence-corrected chi connectivity index (χ2v) is 8.45. The molecule has 0 bridgehead atoms. The van der Waals surface area contributed by atoms with Gasteiger partial charge in [0.15, 0.2) is 0 Å². The van der Waals surface area contributed by atoms with Gasteiger partial charge in [0.1, 0.15) is 0 Å². The molecule has 0 aliphatic carbocycles. The first kappa shape index (κ1) is 17.9. The molecular formula is C21H20N2O2S2. The SMILES string of the molecule is O=C(Nc1ccccc1-c1cccs1)C1CCN(C(=O)c2cccs2)CC1. The summed E-state index contributed by atoms with van der Waals surface area (Å²) in [4.78, 5) is 29.0. The van der Waals surface area contributed by atoms with Crippen LogP contribution in [0.2, 0.25) is 0 Å². The zero-order chi connectivity index (χ0) is 18.6. The van der Waals surface area contributed by atoms with Crippen LogP contribution in [0.4, 0.5) is 5.69 Å². The molecule has 3 aromatic rings. The van der Waals surface area contributed by atoms with Crippen LogP contribution in [0.15, 0.2) is 59.3 Å². The number of amides is 2. The fourth-order valence-corrected chi connectivity index (χ4v) is 4.83. The Morgan fingerprint density at radius 2 is 1.67 bits per heavy atom. The highest BCUT2D eigenvalue weighted by Gasteiger charge is 2.28. The zero-order valence-corrected chi connectivity index (χ0v) is 16.4. The summed E-state index contributed by atoms with van der Waals surface area (Å²) >= 11 is 3.12. The number of para-hydroxylation sites is 1. The maximum Gasteiger partial charge on any atom is 0.263 e. The number of likely N-dealkylation sites (tertiary alicyclic amines) is 1. The van der Waals surface area contributed by atoms with Crippen LogP contribution in [0, 0.1) is 5.92 Å². The molecule has 1 aromatic carbocycles. The van der Waals surface area contributed by atoms with Crippen molar-refractivity contribution in [2.75, 3.05) is 18.4 Å². The molecule has 27 heavy (non-hydrogen) atoms. The van der Waals surface area contributed by atoms with Gasteiger partial charge in [-0.3, -0.25) is 9.59 Å². The van der Waals surface area contributed by atoms with Gasteiger partial charge in [0.25, 0.3) is 5.91 Å². The van der Waals surface area contributed by atoms with Gasteiger partial charge in [-0.1, -0.05) is 30.3 Å². The van der Waals surface area contributed by atoms with Crippen molar-refractivity contribution in [3.63, 3.8) is 0 Å². The Morgan fingerprint density at radius 3 is 2.37 bits per heavy atom. The maximum atomic E-state index is 12.8. The van der Waals surface area contributed by atoms with Crippen molar-refractivity contribution in [1.29, 1.82) is 0 Å². The van der Waals surface area contributed by atoms with Gasteiger partial charge in [0, 0.05) is 35.1 Å². The number of nitrogens with zero attached hydrogens (tertiary/aromatic N) is 1. The Kier molecular flexibility index (Phi) is 5.36. The number of anilines is 1. The number of thiophene rings is 2. The molecule has 2 aromatic heterocycles. The van der Waals surface area contributed by atoms with E-state index in [1.807, 2.05) is 58.1 Å². The van der Waals surface area contributed by atoms with Crippen molar-refractivity contribution in [1.82, 2.24) is 4.90 Å². The van der Waals surface area contributed by atoms with Gasteiger partial charge in [0.2, 0.25) is 5.91 Å². The van der Waals surface area contributed by atoms with E-state index in [1.54, 1.807) is 11.3 Å². The van der Waals surface area contributed by atoms with Crippen molar-refractivity contribution >= 4 is 40.2 Å². The first-order chi connectivity index (χ1) is 13.2. The first-order valence-electron chi connectivity index (χ1n) is 8.99. The highest BCUT2D eigenvalue weighted by atomic mass is 32.1. The van der Waals surface area contributed by atoms with Crippen LogP contribution >= 0.6 is 22.7 Å². The molecule has 0 saturated carbocycles. The molecular weight excluding hydrogens is 376 g/mol. The van der Waals surface area contributed by atoms with E-state index in [0.717, 1.165) is 21.0 Å². The number of hydrogen-bond donors (Lipinski definition) is 1. The van der Waals surface area contributed by atoms with Gasteiger partial charge in [-0.05, 0) is 41.8 Å². The predicted molar refractivity (Wildman–Crippen MR) is 111 cm³/mol. The minimum atomic E-state index is -0.0613. The largest absolute Gasteiger partial charge is 0.338 e. The quantitative estimate of drug-likeness (QED) is 0.677. The first-order valence-corrected chi connectivity index (χ1v) is 10.7. The van der Waals surface area contributed by atoms with Crippen molar-refractivity contribution in [3.05, 3.63) is 64.2 Å². The monoisotopic (exact) mass is 396 g/mol. The summed E-state index contributed by atoms with van der Waals surface area (Å²) < 4.78 is 0. The summed E-state index contributed by atoms with van der Waals surface area (Å²) in [7, 11) is 0. The van der Waals surface area contributed by atoms with Crippen LogP contribution in [0.1, 0.15) is 22.5 Å². The van der Waals surface area contributed by atoms with Gasteiger partial charge in [-0.15, -0.1) is 22.7 Å². The number of nitrogens with one attached hydrogen (secondary N) is 1. The average molecular weight is 397 g/mol. The molecule has 6 heteroatoms. The number of carbonyl (C=O) groups excluding carboxylic acids is 2. The molecule has 3 heterocycles. The topological polar surface area (TPSA) is 49.4 Å². The number of benzene rings is 1. The van der Waals surface area contributed by atoms with Gasteiger partial charge in [-0.2, -0.15) is 0 Å². The third kappa shape index (κ3) is 3.96. The van der Waals surface area contributed by atoms with Gasteiger partial charge >= 0.3 is 0 Å². The van der Waals surface area contributed by atoms with Crippen LogP contribution in [0.25, 0.3) is 10.4 Å². The zero-order valence-electron chi connectivity index (χ0n) is 14.8. The molecule has 0 radical (unpaired) electrons. The smallest absolute Gasteiger partial charge is 0.263 e. The molecule has 0 unspecified atom stereocenters. The second kappa shape index (κ2) is 8.06. The maximum absolute atomic E-state index is 12.8. The van der Waals surface area contributed by atoms with Crippen molar-refractivity contribution < 1.29 is 9.59 Å². The molecule has 0 spiro atoms. The van der Waals surface area contributed by atoms with Crippen molar-refractivity contribution in [2.24, 2.45) is 5.92 Å². The third-order valence-corrected chi connectivity index (χ3v) is 6.62. The average Bonchev–Trinajstić information content (AvgIpc) is 3.42. The van der Waals surface area contributed by atoms with Crippen LogP contribution in [0.5, 0.6) is 0 Å². The number of carbonyl (C=O) groups is 2. The van der Waals surface area contributed by atoms with E-state index >= 15 is 0 Å². The Labute approximate surface area is 166 Å². The fourth-order valence-electron chi connectivity index (χ4n) is 3.37. The third-order valence-electron chi connectivity index (χ3n) is 4.86. The highest BCUT2D eigenvalue weighted by Crippen LogP contribution is 2.32. The van der Waals surface area contributed by atoms with E-state index in [1.165, 1.54) is 11.3 Å². The van der Waals surface area contributed by atoms with Gasteiger partial charge in [0.05, 0.1) is 4.88 Å². The summed E-state index contributed by atoms with van der Waals surface area (Å²) in [6, 6.07) is 15.7. The fraction of sp³-hybridized carbons (Fsp3) is 0.238. The Bertz CT molecular complexity index is 912. The van der Waals surface area contributed by atoms with Gasteiger partial charge < -0.3 is 10.2 Å². The normalized spacial score (nSPS) is 14.9. The van der Waals surface area contributed by atoms with Crippen LogP contribution in [-0.4, -0.2) is 29.8 Å². The molecule has 4 nitrogen and oxygen atoms in total. The summed E-state index contributed by atoms with van der Waals surface area (Å²) in [6.07, 6.45) is 1.40. The van der Waals surface area contributed by atoms with E-state index in [-0.39, 0.29) is 17.7 Å². The molecule has 1 saturated heterocycles. The van der Waals surface area contributed by atoms with Crippen molar-refractivity contribution in [2.45, 2.75) is 12.8 Å². The lowest BCUT2D eigenvalue weighted by Crippen LogP contribution is -2.41. The lowest BCUT2D eigenvalue weighted by atomic mass is 9.95. The standard InChI is InChI=1S/C21H20N2O2S2/c24-20(22-17-6-2-1-5-16(17)18-7-3-13-26-18)15-9-11-23(12-10-15)21(25)19-8-4-14-27-19/h1-8,13-15H,9-12H2,(H,22,24). The lowest BCUT2D eigenvalue weighted by molar-refractivity contribution is -0.121. The van der Waals surface area contributed by atoms with Crippen LogP contribution in [0.3, 0.4) is 0 Å². The molecule has 0 atom stereocenters. The second-order valence-electron chi connectivity index (χ2n) is 6.56. The molecule has 1 fully saturated rings. The van der Waals surface area contributed by atoms with E-state index in [0.29, 0.717) is 25.9 Å². The molecule has 1 N–H and O–H groups in total. The summed E-state index contributed by atoms with van der Waals surface area (Å²) in [6.45, 7) is 1.25. The van der Waals surface area contributed by atoms with E-state index in [2.05, 4.69) is 11.4 Å². The minimum absolute atomic E-state index is 0.0437. The molecule has 1 aliphatic heterocycles. The molecule has 138 valence electrons. The number of piperidine rings is 1. The van der Waals surface area contributed by atoms with Crippen LogP contribution < -0.4 is 5.32 Å². The van der Waals surface area contributed by atoms with Gasteiger partial charge in [-0.25, -0.2) is 0 Å². The van der Waals surface area contributed by atoms with E-state index in [9.17, 15) is 9.59 Å². The Hall–Kier alpha value is -2.44. The highest BCUT2D eigenvalue weighted by molar-refractivity contribution is 7.13. The Morgan fingerprint density at radius 1 is 0.926 bits per heavy atom.